The first-order valence-electron chi connectivity index (χ1n) is 6.88. The number of benzene rings is 1. The SMILES string of the molecule is CCCCCNC(=O)Cc1ccc(-n2cnnn2)cc1. The largest absolute Gasteiger partial charge is 0.356 e. The minimum atomic E-state index is 0.0660. The molecule has 0 spiro atoms. The van der Waals surface area contributed by atoms with Crippen molar-refractivity contribution in [2.75, 3.05) is 6.54 Å². The maximum atomic E-state index is 11.7. The van der Waals surface area contributed by atoms with E-state index in [1.54, 1.807) is 4.68 Å². The quantitative estimate of drug-likeness (QED) is 0.776. The molecule has 20 heavy (non-hydrogen) atoms. The number of amides is 1. The van der Waals surface area contributed by atoms with Crippen LogP contribution in [0.15, 0.2) is 30.6 Å². The lowest BCUT2D eigenvalue weighted by molar-refractivity contribution is -0.120. The molecule has 0 aliphatic rings. The Morgan fingerprint density at radius 3 is 2.70 bits per heavy atom. The summed E-state index contributed by atoms with van der Waals surface area (Å²) in [5.41, 5.74) is 1.86. The summed E-state index contributed by atoms with van der Waals surface area (Å²) < 4.78 is 1.58. The van der Waals surface area contributed by atoms with Gasteiger partial charge in [-0.15, -0.1) is 5.10 Å². The van der Waals surface area contributed by atoms with Gasteiger partial charge in [0.05, 0.1) is 12.1 Å². The van der Waals surface area contributed by atoms with Gasteiger partial charge < -0.3 is 5.32 Å². The number of carbonyl (C=O) groups is 1. The monoisotopic (exact) mass is 273 g/mol. The number of hydrogen-bond acceptors (Lipinski definition) is 4. The lowest BCUT2D eigenvalue weighted by Crippen LogP contribution is -2.26. The van der Waals surface area contributed by atoms with E-state index in [1.165, 1.54) is 6.33 Å². The summed E-state index contributed by atoms with van der Waals surface area (Å²) in [6.07, 6.45) is 5.30. The molecule has 0 aliphatic carbocycles. The molecule has 0 fully saturated rings. The molecule has 6 heteroatoms. The Morgan fingerprint density at radius 2 is 2.05 bits per heavy atom. The molecule has 1 N–H and O–H groups in total. The number of aromatic nitrogens is 4. The molecule has 0 radical (unpaired) electrons. The van der Waals surface area contributed by atoms with E-state index in [4.69, 9.17) is 0 Å². The van der Waals surface area contributed by atoms with E-state index < -0.39 is 0 Å². The number of nitrogens with zero attached hydrogens (tertiary/aromatic N) is 4. The zero-order chi connectivity index (χ0) is 14.2. The van der Waals surface area contributed by atoms with Gasteiger partial charge in [0.25, 0.3) is 0 Å². The number of rotatable bonds is 7. The molecule has 0 saturated heterocycles. The van der Waals surface area contributed by atoms with E-state index in [9.17, 15) is 4.79 Å². The molecular weight excluding hydrogens is 254 g/mol. The van der Waals surface area contributed by atoms with Gasteiger partial charge in [0.15, 0.2) is 0 Å². The van der Waals surface area contributed by atoms with Crippen molar-refractivity contribution in [2.45, 2.75) is 32.6 Å². The minimum absolute atomic E-state index is 0.0660. The third kappa shape index (κ3) is 4.15. The van der Waals surface area contributed by atoms with Crippen molar-refractivity contribution in [2.24, 2.45) is 0 Å². The minimum Gasteiger partial charge on any atom is -0.356 e. The first kappa shape index (κ1) is 14.2. The summed E-state index contributed by atoms with van der Waals surface area (Å²) in [7, 11) is 0. The lowest BCUT2D eigenvalue weighted by atomic mass is 10.1. The van der Waals surface area contributed by atoms with Gasteiger partial charge in [0, 0.05) is 6.54 Å². The fourth-order valence-electron chi connectivity index (χ4n) is 1.90. The van der Waals surface area contributed by atoms with E-state index >= 15 is 0 Å². The predicted molar refractivity (Wildman–Crippen MR) is 75.4 cm³/mol. The Labute approximate surface area is 118 Å². The van der Waals surface area contributed by atoms with Crippen molar-refractivity contribution in [3.05, 3.63) is 36.2 Å². The van der Waals surface area contributed by atoms with Crippen LogP contribution in [-0.2, 0) is 11.2 Å². The molecule has 2 aromatic rings. The maximum absolute atomic E-state index is 11.7. The van der Waals surface area contributed by atoms with E-state index in [0.29, 0.717) is 6.42 Å². The summed E-state index contributed by atoms with van der Waals surface area (Å²) in [5, 5.41) is 13.9. The van der Waals surface area contributed by atoms with E-state index in [2.05, 4.69) is 27.8 Å². The Balaban J connectivity index is 1.83. The molecule has 0 aliphatic heterocycles. The molecule has 0 saturated carbocycles. The van der Waals surface area contributed by atoms with E-state index in [-0.39, 0.29) is 5.91 Å². The van der Waals surface area contributed by atoms with Crippen molar-refractivity contribution in [3.63, 3.8) is 0 Å². The van der Waals surface area contributed by atoms with Crippen LogP contribution in [-0.4, -0.2) is 32.7 Å². The molecule has 0 atom stereocenters. The second-order valence-electron chi connectivity index (χ2n) is 4.65. The van der Waals surface area contributed by atoms with Crippen LogP contribution in [0.3, 0.4) is 0 Å². The highest BCUT2D eigenvalue weighted by Crippen LogP contribution is 2.08. The van der Waals surface area contributed by atoms with Crippen LogP contribution in [0.5, 0.6) is 0 Å². The van der Waals surface area contributed by atoms with Crippen molar-refractivity contribution < 1.29 is 4.79 Å². The number of nitrogens with one attached hydrogen (secondary N) is 1. The summed E-state index contributed by atoms with van der Waals surface area (Å²) in [4.78, 5) is 11.7. The van der Waals surface area contributed by atoms with Gasteiger partial charge in [-0.1, -0.05) is 31.9 Å². The molecule has 0 unspecified atom stereocenters. The van der Waals surface area contributed by atoms with Gasteiger partial charge in [-0.3, -0.25) is 4.79 Å². The van der Waals surface area contributed by atoms with Crippen molar-refractivity contribution >= 4 is 5.91 Å². The molecule has 106 valence electrons. The third-order valence-corrected chi connectivity index (χ3v) is 3.02. The molecule has 1 aromatic heterocycles. The van der Waals surface area contributed by atoms with Gasteiger partial charge in [-0.2, -0.15) is 0 Å². The molecule has 1 heterocycles. The van der Waals surface area contributed by atoms with Crippen LogP contribution in [0, 0.1) is 0 Å². The smallest absolute Gasteiger partial charge is 0.224 e. The number of tetrazole rings is 1. The second kappa shape index (κ2) is 7.37. The van der Waals surface area contributed by atoms with Crippen LogP contribution in [0.1, 0.15) is 31.7 Å². The molecule has 1 aromatic carbocycles. The second-order valence-corrected chi connectivity index (χ2v) is 4.65. The van der Waals surface area contributed by atoms with Gasteiger partial charge in [0.2, 0.25) is 5.91 Å². The highest BCUT2D eigenvalue weighted by Gasteiger charge is 2.03. The zero-order valence-electron chi connectivity index (χ0n) is 11.6. The van der Waals surface area contributed by atoms with Gasteiger partial charge in [-0.25, -0.2) is 4.68 Å². The Kier molecular flexibility index (Phi) is 5.23. The van der Waals surface area contributed by atoms with E-state index in [0.717, 1.165) is 37.1 Å². The Morgan fingerprint density at radius 1 is 1.25 bits per heavy atom. The predicted octanol–water partition coefficient (Wildman–Crippen LogP) is 1.51. The van der Waals surface area contributed by atoms with E-state index in [1.807, 2.05) is 24.3 Å². The zero-order valence-corrected chi connectivity index (χ0v) is 11.6. The number of carbonyl (C=O) groups excluding carboxylic acids is 1. The third-order valence-electron chi connectivity index (χ3n) is 3.02. The first-order valence-corrected chi connectivity index (χ1v) is 6.88. The van der Waals surface area contributed by atoms with Crippen LogP contribution in [0.2, 0.25) is 0 Å². The normalized spacial score (nSPS) is 10.4. The van der Waals surface area contributed by atoms with Crippen LogP contribution >= 0.6 is 0 Å². The molecule has 1 amide bonds. The maximum Gasteiger partial charge on any atom is 0.224 e. The van der Waals surface area contributed by atoms with Gasteiger partial charge in [-0.05, 0) is 34.5 Å². The van der Waals surface area contributed by atoms with Gasteiger partial charge in [0.1, 0.15) is 6.33 Å². The summed E-state index contributed by atoms with van der Waals surface area (Å²) >= 11 is 0. The highest BCUT2D eigenvalue weighted by atomic mass is 16.1. The van der Waals surface area contributed by atoms with Crippen LogP contribution in [0.4, 0.5) is 0 Å². The standard InChI is InChI=1S/C14H19N5O/c1-2-3-4-9-15-14(20)10-12-5-7-13(8-6-12)19-11-16-17-18-19/h5-8,11H,2-4,9-10H2,1H3,(H,15,20). The molecular formula is C14H19N5O. The average Bonchev–Trinajstić information content (AvgIpc) is 2.99. The number of hydrogen-bond donors (Lipinski definition) is 1. The summed E-state index contributed by atoms with van der Waals surface area (Å²) in [5.74, 6) is 0.0660. The van der Waals surface area contributed by atoms with Crippen LogP contribution < -0.4 is 5.32 Å². The van der Waals surface area contributed by atoms with Crippen molar-refractivity contribution in [1.29, 1.82) is 0 Å². The fourth-order valence-corrected chi connectivity index (χ4v) is 1.90. The van der Waals surface area contributed by atoms with Crippen molar-refractivity contribution in [3.8, 4) is 5.69 Å². The fraction of sp³-hybridized carbons (Fsp3) is 0.429. The lowest BCUT2D eigenvalue weighted by Gasteiger charge is -2.05. The van der Waals surface area contributed by atoms with Crippen molar-refractivity contribution in [1.82, 2.24) is 25.5 Å². The first-order chi connectivity index (χ1) is 9.79. The topological polar surface area (TPSA) is 72.7 Å². The highest BCUT2D eigenvalue weighted by molar-refractivity contribution is 5.78. The number of unbranched alkanes of at least 4 members (excludes halogenated alkanes) is 2. The van der Waals surface area contributed by atoms with Crippen LogP contribution in [0.25, 0.3) is 5.69 Å². The summed E-state index contributed by atoms with van der Waals surface area (Å²) in [6.45, 7) is 2.91. The summed E-state index contributed by atoms with van der Waals surface area (Å²) in [6, 6.07) is 7.64. The Hall–Kier alpha value is -2.24. The molecule has 2 rings (SSSR count). The Bertz CT molecular complexity index is 521. The molecule has 0 bridgehead atoms. The average molecular weight is 273 g/mol. The van der Waals surface area contributed by atoms with Gasteiger partial charge >= 0.3 is 0 Å². The molecule has 6 nitrogen and oxygen atoms in total.